The summed E-state index contributed by atoms with van der Waals surface area (Å²) >= 11 is 6.04. The summed E-state index contributed by atoms with van der Waals surface area (Å²) in [6.07, 6.45) is 3.21. The summed E-state index contributed by atoms with van der Waals surface area (Å²) in [6.45, 7) is 0.147. The lowest BCUT2D eigenvalue weighted by Gasteiger charge is -2.27. The predicted molar refractivity (Wildman–Crippen MR) is 136 cm³/mol. The van der Waals surface area contributed by atoms with Crippen molar-refractivity contribution in [1.29, 1.82) is 0 Å². The van der Waals surface area contributed by atoms with Gasteiger partial charge in [-0.2, -0.15) is 0 Å². The van der Waals surface area contributed by atoms with Gasteiger partial charge in [0.15, 0.2) is 0 Å². The average Bonchev–Trinajstić information content (AvgIpc) is 3.47. The molecule has 7 nitrogen and oxygen atoms in total. The van der Waals surface area contributed by atoms with E-state index in [0.29, 0.717) is 10.6 Å². The Hall–Kier alpha value is -4.01. The number of Topliss-reactive ketones (excluding diaryl/α,β-unsaturated/α-hetero) is 1. The Kier molecular flexibility index (Phi) is 7.19. The summed E-state index contributed by atoms with van der Waals surface area (Å²) in [4.78, 5) is 47.2. The lowest BCUT2D eigenvalue weighted by Crippen LogP contribution is -2.43. The molecule has 1 unspecified atom stereocenters. The largest absolute Gasteiger partial charge is 0.350 e. The first-order chi connectivity index (χ1) is 16.9. The normalized spacial score (nSPS) is 13.2. The van der Waals surface area contributed by atoms with Crippen LogP contribution in [0, 0.1) is 5.82 Å². The zero-order valence-corrected chi connectivity index (χ0v) is 20.1. The van der Waals surface area contributed by atoms with Crippen LogP contribution in [-0.2, 0) is 16.1 Å². The van der Waals surface area contributed by atoms with Gasteiger partial charge in [0, 0.05) is 11.6 Å². The molecule has 0 fully saturated rings. The lowest BCUT2D eigenvalue weighted by molar-refractivity contribution is -0.125. The molecule has 1 aromatic heterocycles. The molecule has 10 heteroatoms. The SMILES string of the molecule is Cl.O=C1C(=O)N(C(C(=O)NCc2cccc(Cl)c2)c2ccc(-c3cnc[nH]3)cc2)c2cc(F)ccc21. The number of aromatic nitrogens is 2. The second-order valence-electron chi connectivity index (χ2n) is 8.00. The van der Waals surface area contributed by atoms with E-state index in [1.54, 1.807) is 61.1 Å². The molecule has 0 aliphatic carbocycles. The summed E-state index contributed by atoms with van der Waals surface area (Å²) in [6, 6.07) is 16.2. The molecule has 5 rings (SSSR count). The number of nitrogens with one attached hydrogen (secondary N) is 2. The molecule has 0 radical (unpaired) electrons. The molecule has 3 aromatic carbocycles. The van der Waals surface area contributed by atoms with E-state index in [1.807, 2.05) is 0 Å². The van der Waals surface area contributed by atoms with Gasteiger partial charge in [0.2, 0.25) is 5.91 Å². The number of benzene rings is 3. The number of anilines is 1. The van der Waals surface area contributed by atoms with Gasteiger partial charge in [0.1, 0.15) is 11.9 Å². The number of carbonyl (C=O) groups excluding carboxylic acids is 3. The number of ketones is 1. The second kappa shape index (κ2) is 10.3. The number of fused-ring (bicyclic) bond motifs is 1. The summed E-state index contributed by atoms with van der Waals surface area (Å²) in [5, 5.41) is 3.33. The smallest absolute Gasteiger partial charge is 0.300 e. The second-order valence-corrected chi connectivity index (χ2v) is 8.44. The molecule has 1 aliphatic heterocycles. The number of H-pyrrole nitrogens is 1. The monoisotopic (exact) mass is 524 g/mol. The number of nitrogens with zero attached hydrogens (tertiary/aromatic N) is 2. The lowest BCUT2D eigenvalue weighted by atomic mass is 10.0. The first-order valence-corrected chi connectivity index (χ1v) is 11.1. The molecule has 0 bridgehead atoms. The van der Waals surface area contributed by atoms with Crippen LogP contribution in [0.4, 0.5) is 10.1 Å². The molecule has 0 saturated heterocycles. The van der Waals surface area contributed by atoms with Crippen LogP contribution in [0.1, 0.15) is 27.5 Å². The highest BCUT2D eigenvalue weighted by molar-refractivity contribution is 6.52. The van der Waals surface area contributed by atoms with Crippen LogP contribution in [0.15, 0.2) is 79.3 Å². The molecule has 4 aromatic rings. The van der Waals surface area contributed by atoms with Gasteiger partial charge in [0.25, 0.3) is 11.7 Å². The van der Waals surface area contributed by atoms with Crippen molar-refractivity contribution in [3.05, 3.63) is 107 Å². The van der Waals surface area contributed by atoms with Crippen molar-refractivity contribution in [3.8, 4) is 11.3 Å². The standard InChI is InChI=1S/C26H18ClFN4O3.ClH/c27-18-3-1-2-15(10-18)12-30-25(34)23(17-6-4-16(5-7-17)21-13-29-14-31-21)32-22-11-19(28)8-9-20(22)24(33)26(32)35;/h1-11,13-14,23H,12H2,(H,29,31)(H,30,34);1H. The number of carbonyl (C=O) groups is 3. The highest BCUT2D eigenvalue weighted by Crippen LogP contribution is 2.37. The minimum atomic E-state index is -1.20. The van der Waals surface area contributed by atoms with Crippen LogP contribution in [0.3, 0.4) is 0 Å². The summed E-state index contributed by atoms with van der Waals surface area (Å²) in [5.74, 6) is -2.84. The fraction of sp³-hybridized carbons (Fsp3) is 0.0769. The van der Waals surface area contributed by atoms with Crippen LogP contribution in [0.25, 0.3) is 11.3 Å². The average molecular weight is 525 g/mol. The number of hydrogen-bond acceptors (Lipinski definition) is 4. The van der Waals surface area contributed by atoms with Crippen molar-refractivity contribution in [2.75, 3.05) is 4.90 Å². The highest BCUT2D eigenvalue weighted by Gasteiger charge is 2.43. The molecule has 2 heterocycles. The van der Waals surface area contributed by atoms with Crippen LogP contribution >= 0.6 is 24.0 Å². The van der Waals surface area contributed by atoms with Gasteiger partial charge in [0.05, 0.1) is 29.5 Å². The van der Waals surface area contributed by atoms with E-state index in [2.05, 4.69) is 15.3 Å². The van der Waals surface area contributed by atoms with Gasteiger partial charge in [-0.05, 0) is 47.0 Å². The summed E-state index contributed by atoms with van der Waals surface area (Å²) in [7, 11) is 0. The molecule has 1 atom stereocenters. The van der Waals surface area contributed by atoms with E-state index in [4.69, 9.17) is 11.6 Å². The van der Waals surface area contributed by atoms with E-state index in [1.165, 1.54) is 6.07 Å². The fourth-order valence-corrected chi connectivity index (χ4v) is 4.31. The number of imidazole rings is 1. The molecule has 0 spiro atoms. The highest BCUT2D eigenvalue weighted by atomic mass is 35.5. The molecule has 182 valence electrons. The van der Waals surface area contributed by atoms with Crippen LogP contribution < -0.4 is 10.2 Å². The first kappa shape index (κ1) is 25.1. The van der Waals surface area contributed by atoms with Crippen molar-refractivity contribution < 1.29 is 18.8 Å². The van der Waals surface area contributed by atoms with Gasteiger partial charge >= 0.3 is 0 Å². The summed E-state index contributed by atoms with van der Waals surface area (Å²) in [5.41, 5.74) is 2.92. The summed E-state index contributed by atoms with van der Waals surface area (Å²) < 4.78 is 14.1. The van der Waals surface area contributed by atoms with Crippen molar-refractivity contribution in [2.24, 2.45) is 0 Å². The topological polar surface area (TPSA) is 95.2 Å². The zero-order chi connectivity index (χ0) is 24.5. The number of rotatable bonds is 6. The minimum absolute atomic E-state index is 0. The third kappa shape index (κ3) is 4.73. The van der Waals surface area contributed by atoms with Crippen molar-refractivity contribution in [2.45, 2.75) is 12.6 Å². The Balaban J connectivity index is 0.00000304. The third-order valence-corrected chi connectivity index (χ3v) is 6.01. The Morgan fingerprint density at radius 2 is 1.86 bits per heavy atom. The van der Waals surface area contributed by atoms with E-state index in [9.17, 15) is 18.8 Å². The number of halogens is 3. The van der Waals surface area contributed by atoms with Gasteiger partial charge in [-0.15, -0.1) is 12.4 Å². The van der Waals surface area contributed by atoms with Crippen molar-refractivity contribution in [3.63, 3.8) is 0 Å². The molecule has 1 aliphatic rings. The van der Waals surface area contributed by atoms with Crippen LogP contribution in [0.5, 0.6) is 0 Å². The maximum atomic E-state index is 14.1. The Bertz CT molecular complexity index is 1440. The number of amides is 2. The fourth-order valence-electron chi connectivity index (χ4n) is 4.10. The van der Waals surface area contributed by atoms with E-state index in [0.717, 1.165) is 33.9 Å². The molecular weight excluding hydrogens is 506 g/mol. The molecule has 0 saturated carbocycles. The van der Waals surface area contributed by atoms with Crippen LogP contribution in [-0.4, -0.2) is 27.6 Å². The minimum Gasteiger partial charge on any atom is -0.350 e. The van der Waals surface area contributed by atoms with Crippen LogP contribution in [0.2, 0.25) is 5.02 Å². The van der Waals surface area contributed by atoms with Crippen molar-refractivity contribution in [1.82, 2.24) is 15.3 Å². The number of hydrogen-bond donors (Lipinski definition) is 2. The number of aromatic amines is 1. The maximum Gasteiger partial charge on any atom is 0.300 e. The van der Waals surface area contributed by atoms with E-state index in [-0.39, 0.29) is 30.2 Å². The van der Waals surface area contributed by atoms with Gasteiger partial charge in [-0.1, -0.05) is 48.0 Å². The Morgan fingerprint density at radius 1 is 1.08 bits per heavy atom. The van der Waals surface area contributed by atoms with E-state index >= 15 is 0 Å². The Morgan fingerprint density at radius 3 is 2.56 bits per heavy atom. The predicted octanol–water partition coefficient (Wildman–Crippen LogP) is 4.88. The van der Waals surface area contributed by atoms with E-state index < -0.39 is 29.5 Å². The first-order valence-electron chi connectivity index (χ1n) is 10.7. The quantitative estimate of drug-likeness (QED) is 0.351. The van der Waals surface area contributed by atoms with Crippen molar-refractivity contribution >= 4 is 47.3 Å². The molecule has 36 heavy (non-hydrogen) atoms. The molecule has 2 amide bonds. The van der Waals surface area contributed by atoms with Gasteiger partial charge < -0.3 is 10.3 Å². The third-order valence-electron chi connectivity index (χ3n) is 5.77. The molecule has 2 N–H and O–H groups in total. The van der Waals surface area contributed by atoms with Gasteiger partial charge in [-0.3, -0.25) is 19.3 Å². The van der Waals surface area contributed by atoms with Gasteiger partial charge in [-0.25, -0.2) is 9.37 Å². The molecular formula is C26H19Cl2FN4O3. The maximum absolute atomic E-state index is 14.1. The zero-order valence-electron chi connectivity index (χ0n) is 18.6. The Labute approximate surface area is 216 Å².